The van der Waals surface area contributed by atoms with Crippen LogP contribution in [0.2, 0.25) is 0 Å². The van der Waals surface area contributed by atoms with E-state index in [1.165, 1.54) is 5.56 Å². The molecule has 5 heteroatoms. The molecule has 1 amide bonds. The molecule has 0 saturated heterocycles. The molecule has 24 heavy (non-hydrogen) atoms. The molecule has 128 valence electrons. The number of carbonyl (C=O) groups excluding carboxylic acids is 1. The van der Waals surface area contributed by atoms with Gasteiger partial charge >= 0.3 is 0 Å². The topological polar surface area (TPSA) is 54.5 Å². The molecule has 1 aromatic carbocycles. The van der Waals surface area contributed by atoms with E-state index in [2.05, 4.69) is 37.1 Å². The summed E-state index contributed by atoms with van der Waals surface area (Å²) in [6, 6.07) is 11.5. The zero-order valence-electron chi connectivity index (χ0n) is 15.0. The number of aromatic nitrogens is 1. The van der Waals surface area contributed by atoms with Crippen LogP contribution in [0.25, 0.3) is 0 Å². The van der Waals surface area contributed by atoms with E-state index >= 15 is 0 Å². The van der Waals surface area contributed by atoms with Gasteiger partial charge in [0.1, 0.15) is 11.6 Å². The first-order chi connectivity index (χ1) is 11.3. The number of hydrogen-bond donors (Lipinski definition) is 1. The number of nitrogens with one attached hydrogen (secondary N) is 1. The van der Waals surface area contributed by atoms with Gasteiger partial charge in [-0.25, -0.2) is 4.98 Å². The molecular formula is C19H25N3O2. The minimum absolute atomic E-state index is 0.0387. The Morgan fingerprint density at radius 2 is 1.96 bits per heavy atom. The maximum Gasteiger partial charge on any atom is 0.262 e. The first-order valence-electron chi connectivity index (χ1n) is 7.92. The van der Waals surface area contributed by atoms with E-state index in [1.807, 2.05) is 49.3 Å². The van der Waals surface area contributed by atoms with Crippen molar-refractivity contribution in [3.8, 4) is 5.75 Å². The zero-order valence-corrected chi connectivity index (χ0v) is 15.0. The van der Waals surface area contributed by atoms with Crippen LogP contribution < -0.4 is 15.0 Å². The average molecular weight is 327 g/mol. The molecule has 0 aliphatic carbocycles. The summed E-state index contributed by atoms with van der Waals surface area (Å²) < 4.78 is 5.60. The number of amides is 1. The lowest BCUT2D eigenvalue weighted by Gasteiger charge is -2.19. The monoisotopic (exact) mass is 327 g/mol. The Bertz CT molecular complexity index is 689. The first-order valence-corrected chi connectivity index (χ1v) is 7.92. The highest BCUT2D eigenvalue weighted by molar-refractivity contribution is 5.91. The number of anilines is 2. The fraction of sp³-hybridized carbons (Fsp3) is 0.368. The summed E-state index contributed by atoms with van der Waals surface area (Å²) in [6.45, 7) is 6.39. The summed E-state index contributed by atoms with van der Waals surface area (Å²) in [5.74, 6) is 1.32. The van der Waals surface area contributed by atoms with Gasteiger partial charge in [-0.15, -0.1) is 0 Å². The van der Waals surface area contributed by atoms with Crippen molar-refractivity contribution in [2.24, 2.45) is 0 Å². The molecule has 1 aromatic heterocycles. The third-order valence-electron chi connectivity index (χ3n) is 3.56. The Morgan fingerprint density at radius 3 is 2.54 bits per heavy atom. The number of carbonyl (C=O) groups is 1. The van der Waals surface area contributed by atoms with Crippen molar-refractivity contribution in [2.75, 3.05) is 30.9 Å². The van der Waals surface area contributed by atoms with Crippen molar-refractivity contribution in [1.82, 2.24) is 4.98 Å². The molecule has 1 heterocycles. The van der Waals surface area contributed by atoms with E-state index in [0.717, 1.165) is 5.82 Å². The lowest BCUT2D eigenvalue weighted by atomic mass is 9.87. The Morgan fingerprint density at radius 1 is 1.21 bits per heavy atom. The van der Waals surface area contributed by atoms with Crippen molar-refractivity contribution in [3.63, 3.8) is 0 Å². The molecule has 0 saturated carbocycles. The number of hydrogen-bond acceptors (Lipinski definition) is 4. The molecular weight excluding hydrogens is 302 g/mol. The number of rotatable bonds is 5. The van der Waals surface area contributed by atoms with Gasteiger partial charge in [-0.05, 0) is 35.2 Å². The second-order valence-electron chi connectivity index (χ2n) is 6.91. The fourth-order valence-corrected chi connectivity index (χ4v) is 2.12. The van der Waals surface area contributed by atoms with Crippen LogP contribution in [-0.2, 0) is 10.2 Å². The van der Waals surface area contributed by atoms with Crippen molar-refractivity contribution in [3.05, 3.63) is 48.2 Å². The molecule has 0 atom stereocenters. The van der Waals surface area contributed by atoms with Crippen LogP contribution in [0.15, 0.2) is 42.6 Å². The van der Waals surface area contributed by atoms with Crippen LogP contribution in [0, 0.1) is 0 Å². The molecule has 2 aromatic rings. The number of ether oxygens (including phenoxy) is 1. The maximum atomic E-state index is 12.0. The highest BCUT2D eigenvalue weighted by Gasteiger charge is 2.14. The largest absolute Gasteiger partial charge is 0.484 e. The standard InChI is InChI=1S/C19H25N3O2/c1-19(2,3)14-7-6-8-16(11-14)24-13-18(23)21-15-9-10-17(20-12-15)22(4)5/h6-12H,13H2,1-5H3,(H,21,23). The predicted molar refractivity (Wildman–Crippen MR) is 97.8 cm³/mol. The lowest BCUT2D eigenvalue weighted by Crippen LogP contribution is -2.20. The third-order valence-corrected chi connectivity index (χ3v) is 3.56. The zero-order chi connectivity index (χ0) is 17.7. The summed E-state index contributed by atoms with van der Waals surface area (Å²) in [5.41, 5.74) is 1.86. The summed E-state index contributed by atoms with van der Waals surface area (Å²) in [7, 11) is 3.83. The van der Waals surface area contributed by atoms with Crippen LogP contribution in [0.4, 0.5) is 11.5 Å². The van der Waals surface area contributed by atoms with E-state index in [0.29, 0.717) is 11.4 Å². The normalized spacial score (nSPS) is 11.0. The Hall–Kier alpha value is -2.56. The fourth-order valence-electron chi connectivity index (χ4n) is 2.12. The van der Waals surface area contributed by atoms with Crippen molar-refractivity contribution < 1.29 is 9.53 Å². The Balaban J connectivity index is 1.91. The van der Waals surface area contributed by atoms with Crippen molar-refractivity contribution >= 4 is 17.4 Å². The predicted octanol–water partition coefficient (Wildman–Crippen LogP) is 3.46. The summed E-state index contributed by atoms with van der Waals surface area (Å²) in [5, 5.41) is 2.78. The van der Waals surface area contributed by atoms with Gasteiger partial charge < -0.3 is 15.0 Å². The quantitative estimate of drug-likeness (QED) is 0.914. The maximum absolute atomic E-state index is 12.0. The minimum atomic E-state index is -0.212. The van der Waals surface area contributed by atoms with Gasteiger partial charge in [-0.3, -0.25) is 4.79 Å². The van der Waals surface area contributed by atoms with Crippen molar-refractivity contribution in [2.45, 2.75) is 26.2 Å². The number of benzene rings is 1. The molecule has 0 bridgehead atoms. The number of nitrogens with zero attached hydrogens (tertiary/aromatic N) is 2. The number of pyridine rings is 1. The molecule has 0 radical (unpaired) electrons. The first kappa shape index (κ1) is 17.8. The van der Waals surface area contributed by atoms with Gasteiger partial charge in [0.05, 0.1) is 11.9 Å². The summed E-state index contributed by atoms with van der Waals surface area (Å²) >= 11 is 0. The summed E-state index contributed by atoms with van der Waals surface area (Å²) in [4.78, 5) is 18.2. The van der Waals surface area contributed by atoms with Crippen LogP contribution in [0.5, 0.6) is 5.75 Å². The van der Waals surface area contributed by atoms with E-state index < -0.39 is 0 Å². The molecule has 0 spiro atoms. The molecule has 0 aliphatic rings. The smallest absolute Gasteiger partial charge is 0.262 e. The van der Waals surface area contributed by atoms with Crippen LogP contribution >= 0.6 is 0 Å². The summed E-state index contributed by atoms with van der Waals surface area (Å²) in [6.07, 6.45) is 1.63. The lowest BCUT2D eigenvalue weighted by molar-refractivity contribution is -0.118. The van der Waals surface area contributed by atoms with Crippen molar-refractivity contribution in [1.29, 1.82) is 0 Å². The van der Waals surface area contributed by atoms with Gasteiger partial charge in [-0.2, -0.15) is 0 Å². The molecule has 2 rings (SSSR count). The Labute approximate surface area is 143 Å². The highest BCUT2D eigenvalue weighted by atomic mass is 16.5. The average Bonchev–Trinajstić information content (AvgIpc) is 2.53. The van der Waals surface area contributed by atoms with Gasteiger partial charge in [0.15, 0.2) is 6.61 Å². The van der Waals surface area contributed by atoms with Gasteiger partial charge in [-0.1, -0.05) is 32.9 Å². The molecule has 0 aliphatic heterocycles. The van der Waals surface area contributed by atoms with E-state index in [-0.39, 0.29) is 17.9 Å². The van der Waals surface area contributed by atoms with Gasteiger partial charge in [0.2, 0.25) is 0 Å². The van der Waals surface area contributed by atoms with Crippen LogP contribution in [-0.4, -0.2) is 31.6 Å². The Kier molecular flexibility index (Phi) is 5.44. The van der Waals surface area contributed by atoms with Gasteiger partial charge in [0.25, 0.3) is 5.91 Å². The van der Waals surface area contributed by atoms with E-state index in [9.17, 15) is 4.79 Å². The molecule has 1 N–H and O–H groups in total. The SMILES string of the molecule is CN(C)c1ccc(NC(=O)COc2cccc(C(C)(C)C)c2)cn1. The second-order valence-corrected chi connectivity index (χ2v) is 6.91. The minimum Gasteiger partial charge on any atom is -0.484 e. The molecule has 0 unspecified atom stereocenters. The molecule has 0 fully saturated rings. The van der Waals surface area contributed by atoms with Crippen LogP contribution in [0.1, 0.15) is 26.3 Å². The van der Waals surface area contributed by atoms with Crippen LogP contribution in [0.3, 0.4) is 0 Å². The highest BCUT2D eigenvalue weighted by Crippen LogP contribution is 2.25. The van der Waals surface area contributed by atoms with Gasteiger partial charge in [0, 0.05) is 14.1 Å². The third kappa shape index (κ3) is 4.98. The second kappa shape index (κ2) is 7.34. The molecule has 5 nitrogen and oxygen atoms in total. The van der Waals surface area contributed by atoms with E-state index in [4.69, 9.17) is 4.74 Å². The van der Waals surface area contributed by atoms with E-state index in [1.54, 1.807) is 6.20 Å².